The van der Waals surface area contributed by atoms with Crippen LogP contribution < -0.4 is 11.2 Å². The van der Waals surface area contributed by atoms with Gasteiger partial charge in [0.2, 0.25) is 0 Å². The van der Waals surface area contributed by atoms with Crippen molar-refractivity contribution < 1.29 is 9.90 Å². The SMILES string of the molecule is CC(Sc1nc2[nH]c(=O)n(C)c(=O)c2n1C)C(=O)O. The molecule has 2 aromatic rings. The molecule has 1 unspecified atom stereocenters. The summed E-state index contributed by atoms with van der Waals surface area (Å²) in [6, 6.07) is 0. The number of aromatic amines is 1. The van der Waals surface area contributed by atoms with Gasteiger partial charge in [-0.05, 0) is 6.92 Å². The molecule has 8 nitrogen and oxygen atoms in total. The Balaban J connectivity index is 2.64. The minimum atomic E-state index is -0.974. The summed E-state index contributed by atoms with van der Waals surface area (Å²) < 4.78 is 2.43. The molecular formula is C10H12N4O4S. The van der Waals surface area contributed by atoms with Crippen molar-refractivity contribution in [3.8, 4) is 0 Å². The van der Waals surface area contributed by atoms with Gasteiger partial charge in [-0.1, -0.05) is 11.8 Å². The Morgan fingerprint density at radius 1 is 1.37 bits per heavy atom. The van der Waals surface area contributed by atoms with E-state index in [4.69, 9.17) is 5.11 Å². The van der Waals surface area contributed by atoms with Gasteiger partial charge in [0.05, 0.1) is 0 Å². The Hall–Kier alpha value is -2.03. The monoisotopic (exact) mass is 284 g/mol. The lowest BCUT2D eigenvalue weighted by molar-refractivity contribution is -0.136. The number of carbonyl (C=O) groups is 1. The first-order valence-electron chi connectivity index (χ1n) is 5.38. The van der Waals surface area contributed by atoms with Crippen LogP contribution in [0.2, 0.25) is 0 Å². The van der Waals surface area contributed by atoms with Gasteiger partial charge < -0.3 is 9.67 Å². The second-order valence-corrected chi connectivity index (χ2v) is 5.35. The van der Waals surface area contributed by atoms with E-state index in [0.717, 1.165) is 16.3 Å². The number of carboxylic acids is 1. The number of nitrogens with zero attached hydrogens (tertiary/aromatic N) is 3. The molecule has 0 aromatic carbocycles. The van der Waals surface area contributed by atoms with Crippen molar-refractivity contribution in [2.45, 2.75) is 17.3 Å². The molecule has 0 amide bonds. The van der Waals surface area contributed by atoms with Crippen LogP contribution in [0, 0.1) is 0 Å². The van der Waals surface area contributed by atoms with Gasteiger partial charge in [-0.2, -0.15) is 0 Å². The molecule has 1 atom stereocenters. The van der Waals surface area contributed by atoms with Crippen molar-refractivity contribution in [1.82, 2.24) is 19.1 Å². The summed E-state index contributed by atoms with van der Waals surface area (Å²) in [7, 11) is 2.96. The molecule has 0 saturated heterocycles. The van der Waals surface area contributed by atoms with Crippen LogP contribution in [0.15, 0.2) is 14.7 Å². The molecule has 19 heavy (non-hydrogen) atoms. The Morgan fingerprint density at radius 3 is 2.58 bits per heavy atom. The number of aromatic nitrogens is 4. The highest BCUT2D eigenvalue weighted by molar-refractivity contribution is 8.00. The minimum absolute atomic E-state index is 0.163. The van der Waals surface area contributed by atoms with E-state index >= 15 is 0 Å². The van der Waals surface area contributed by atoms with Crippen LogP contribution in [0.1, 0.15) is 6.92 Å². The number of aryl methyl sites for hydroxylation is 1. The average molecular weight is 284 g/mol. The summed E-state index contributed by atoms with van der Waals surface area (Å²) in [6.45, 7) is 1.52. The molecule has 2 N–H and O–H groups in total. The second-order valence-electron chi connectivity index (χ2n) is 4.04. The normalized spacial score (nSPS) is 12.8. The van der Waals surface area contributed by atoms with Crippen LogP contribution in [0.25, 0.3) is 11.2 Å². The first-order valence-corrected chi connectivity index (χ1v) is 6.26. The molecule has 0 aliphatic carbocycles. The summed E-state index contributed by atoms with van der Waals surface area (Å²) in [5, 5.41) is 8.53. The zero-order chi connectivity index (χ0) is 14.3. The quantitative estimate of drug-likeness (QED) is 0.737. The van der Waals surface area contributed by atoms with Crippen LogP contribution in [-0.4, -0.2) is 35.4 Å². The molecule has 0 spiro atoms. The lowest BCUT2D eigenvalue weighted by Gasteiger charge is -2.05. The first-order chi connectivity index (χ1) is 8.82. The number of H-pyrrole nitrogens is 1. The second kappa shape index (κ2) is 4.57. The average Bonchev–Trinajstić information content (AvgIpc) is 2.63. The van der Waals surface area contributed by atoms with E-state index in [0.29, 0.717) is 5.16 Å². The number of thioether (sulfide) groups is 1. The van der Waals surface area contributed by atoms with Crippen molar-refractivity contribution in [3.05, 3.63) is 20.8 Å². The predicted octanol–water partition coefficient (Wildman–Crippen LogP) is -0.475. The third-order valence-electron chi connectivity index (χ3n) is 2.72. The van der Waals surface area contributed by atoms with Gasteiger partial charge in [0, 0.05) is 14.1 Å². The van der Waals surface area contributed by atoms with Gasteiger partial charge in [0.15, 0.2) is 16.3 Å². The maximum atomic E-state index is 12.0. The molecule has 0 bridgehead atoms. The summed E-state index contributed by atoms with van der Waals surface area (Å²) in [4.78, 5) is 40.8. The van der Waals surface area contributed by atoms with Crippen LogP contribution in [0.4, 0.5) is 0 Å². The van der Waals surface area contributed by atoms with Crippen LogP contribution in [0.5, 0.6) is 0 Å². The lowest BCUT2D eigenvalue weighted by atomic mass is 10.5. The molecule has 2 rings (SSSR count). The third-order valence-corrected chi connectivity index (χ3v) is 3.85. The molecule has 2 aromatic heterocycles. The van der Waals surface area contributed by atoms with Gasteiger partial charge in [-0.15, -0.1) is 0 Å². The summed E-state index contributed by atoms with van der Waals surface area (Å²) >= 11 is 1.01. The molecular weight excluding hydrogens is 272 g/mol. The highest BCUT2D eigenvalue weighted by Gasteiger charge is 2.19. The fourth-order valence-corrected chi connectivity index (χ4v) is 2.37. The van der Waals surface area contributed by atoms with E-state index < -0.39 is 22.5 Å². The number of imidazole rings is 1. The predicted molar refractivity (Wildman–Crippen MR) is 69.5 cm³/mol. The molecule has 2 heterocycles. The molecule has 9 heteroatoms. The van der Waals surface area contributed by atoms with E-state index in [1.165, 1.54) is 18.5 Å². The summed E-state index contributed by atoms with van der Waals surface area (Å²) in [6.07, 6.45) is 0. The van der Waals surface area contributed by atoms with Crippen molar-refractivity contribution in [2.75, 3.05) is 0 Å². The van der Waals surface area contributed by atoms with Crippen LogP contribution >= 0.6 is 11.8 Å². The van der Waals surface area contributed by atoms with Gasteiger partial charge in [0.1, 0.15) is 5.25 Å². The zero-order valence-corrected chi connectivity index (χ0v) is 11.3. The number of hydrogen-bond acceptors (Lipinski definition) is 5. The first kappa shape index (κ1) is 13.4. The number of carboxylic acid groups (broad SMARTS) is 1. The van der Waals surface area contributed by atoms with Gasteiger partial charge in [0.25, 0.3) is 5.56 Å². The highest BCUT2D eigenvalue weighted by Crippen LogP contribution is 2.23. The molecule has 0 fully saturated rings. The molecule has 0 aliphatic rings. The Labute approximate surface area is 111 Å². The number of fused-ring (bicyclic) bond motifs is 1. The lowest BCUT2D eigenvalue weighted by Crippen LogP contribution is -2.33. The number of nitrogens with one attached hydrogen (secondary N) is 1. The van der Waals surface area contributed by atoms with E-state index in [1.807, 2.05) is 0 Å². The van der Waals surface area contributed by atoms with Crippen LogP contribution in [-0.2, 0) is 18.9 Å². The highest BCUT2D eigenvalue weighted by atomic mass is 32.2. The summed E-state index contributed by atoms with van der Waals surface area (Å²) in [5.74, 6) is -0.974. The molecule has 102 valence electrons. The molecule has 0 saturated carbocycles. The fourth-order valence-electron chi connectivity index (χ4n) is 1.56. The van der Waals surface area contributed by atoms with E-state index in [2.05, 4.69) is 9.97 Å². The molecule has 0 aliphatic heterocycles. The largest absolute Gasteiger partial charge is 0.480 e. The van der Waals surface area contributed by atoms with Crippen LogP contribution in [0.3, 0.4) is 0 Å². The fraction of sp³-hybridized carbons (Fsp3) is 0.400. The Bertz CT molecular complexity index is 772. The van der Waals surface area contributed by atoms with E-state index in [-0.39, 0.29) is 11.2 Å². The van der Waals surface area contributed by atoms with Crippen molar-refractivity contribution in [1.29, 1.82) is 0 Å². The van der Waals surface area contributed by atoms with Gasteiger partial charge >= 0.3 is 11.7 Å². The van der Waals surface area contributed by atoms with E-state index in [9.17, 15) is 14.4 Å². The van der Waals surface area contributed by atoms with Crippen molar-refractivity contribution >= 4 is 28.9 Å². The van der Waals surface area contributed by atoms with Crippen molar-refractivity contribution in [3.63, 3.8) is 0 Å². The number of hydrogen-bond donors (Lipinski definition) is 2. The minimum Gasteiger partial charge on any atom is -0.480 e. The smallest absolute Gasteiger partial charge is 0.329 e. The van der Waals surface area contributed by atoms with Crippen molar-refractivity contribution in [2.24, 2.45) is 14.1 Å². The number of rotatable bonds is 3. The zero-order valence-electron chi connectivity index (χ0n) is 10.5. The Morgan fingerprint density at radius 2 is 2.00 bits per heavy atom. The van der Waals surface area contributed by atoms with Gasteiger partial charge in [-0.25, -0.2) is 9.78 Å². The Kier molecular flexibility index (Phi) is 3.23. The third kappa shape index (κ3) is 2.16. The number of aliphatic carboxylic acids is 1. The molecule has 0 radical (unpaired) electrons. The topological polar surface area (TPSA) is 110 Å². The summed E-state index contributed by atoms with van der Waals surface area (Å²) in [5.41, 5.74) is -0.625. The standard InChI is InChI=1S/C10H12N4O4S/c1-4(8(16)17)19-10-12-6-5(13(10)2)7(15)14(3)9(18)11-6/h4H,1-3H3,(H,11,18)(H,16,17). The van der Waals surface area contributed by atoms with E-state index in [1.54, 1.807) is 7.05 Å². The van der Waals surface area contributed by atoms with Gasteiger partial charge in [-0.3, -0.25) is 19.1 Å². The maximum Gasteiger partial charge on any atom is 0.329 e. The maximum absolute atomic E-state index is 12.0.